The van der Waals surface area contributed by atoms with Gasteiger partial charge in [-0.1, -0.05) is 39.8 Å². The largest absolute Gasteiger partial charge is 0.385 e. The molecule has 0 bridgehead atoms. The van der Waals surface area contributed by atoms with E-state index in [4.69, 9.17) is 0 Å². The Kier molecular flexibility index (Phi) is 6.78. The number of piperidine rings is 1. The topological polar surface area (TPSA) is 78.4 Å². The molecule has 2 heterocycles. The summed E-state index contributed by atoms with van der Waals surface area (Å²) in [5.74, 6) is -0.210. The molecule has 0 atom stereocenters. The summed E-state index contributed by atoms with van der Waals surface area (Å²) >= 11 is 4.82. The Labute approximate surface area is 198 Å². The highest BCUT2D eigenvalue weighted by Crippen LogP contribution is 2.35. The van der Waals surface area contributed by atoms with Crippen molar-refractivity contribution in [3.8, 4) is 0 Å². The predicted octanol–water partition coefficient (Wildman–Crippen LogP) is 4.84. The number of anilines is 2. The van der Waals surface area contributed by atoms with Crippen LogP contribution in [0.15, 0.2) is 64.4 Å². The van der Waals surface area contributed by atoms with Crippen molar-refractivity contribution in [3.63, 3.8) is 0 Å². The van der Waals surface area contributed by atoms with Gasteiger partial charge in [0.05, 0.1) is 5.60 Å². The summed E-state index contributed by atoms with van der Waals surface area (Å²) in [5.41, 5.74) is 0.770. The zero-order valence-electron chi connectivity index (χ0n) is 17.4. The van der Waals surface area contributed by atoms with Gasteiger partial charge in [-0.2, -0.15) is 0 Å². The first kappa shape index (κ1) is 22.7. The van der Waals surface area contributed by atoms with Gasteiger partial charge in [0, 0.05) is 29.4 Å². The van der Waals surface area contributed by atoms with Gasteiger partial charge in [-0.25, -0.2) is 14.4 Å². The van der Waals surface area contributed by atoms with Crippen molar-refractivity contribution in [1.29, 1.82) is 0 Å². The first-order valence-corrected chi connectivity index (χ1v) is 12.1. The first-order chi connectivity index (χ1) is 15.4. The molecule has 32 heavy (non-hydrogen) atoms. The molecule has 166 valence electrons. The molecule has 1 aromatic heterocycles. The second kappa shape index (κ2) is 9.56. The molecule has 4 rings (SSSR count). The summed E-state index contributed by atoms with van der Waals surface area (Å²) in [7, 11) is 0. The van der Waals surface area contributed by atoms with E-state index in [-0.39, 0.29) is 11.7 Å². The van der Waals surface area contributed by atoms with Crippen LogP contribution in [-0.4, -0.2) is 40.3 Å². The van der Waals surface area contributed by atoms with Crippen molar-refractivity contribution in [2.45, 2.75) is 23.6 Å². The number of nitrogens with one attached hydrogen (secondary N) is 1. The second-order valence-electron chi connectivity index (χ2n) is 7.58. The van der Waals surface area contributed by atoms with Gasteiger partial charge in [-0.05, 0) is 61.1 Å². The number of thioether (sulfide) groups is 1. The number of aromatic nitrogens is 2. The molecule has 0 spiro atoms. The lowest BCUT2D eigenvalue weighted by Crippen LogP contribution is -2.43. The summed E-state index contributed by atoms with van der Waals surface area (Å²) in [6.07, 6.45) is 4.40. The number of amides is 1. The van der Waals surface area contributed by atoms with Gasteiger partial charge in [0.1, 0.15) is 17.2 Å². The maximum atomic E-state index is 13.2. The number of benzene rings is 2. The van der Waals surface area contributed by atoms with Crippen molar-refractivity contribution >= 4 is 45.1 Å². The summed E-state index contributed by atoms with van der Waals surface area (Å²) in [5, 5.41) is 14.5. The molecule has 1 aliphatic rings. The lowest BCUT2D eigenvalue weighted by atomic mass is 9.84. The number of hydrogen-bond donors (Lipinski definition) is 2. The van der Waals surface area contributed by atoms with Crippen LogP contribution in [0.5, 0.6) is 0 Å². The highest BCUT2D eigenvalue weighted by atomic mass is 79.9. The molecule has 1 amide bonds. The van der Waals surface area contributed by atoms with Gasteiger partial charge < -0.3 is 15.3 Å². The number of hydrogen-bond acceptors (Lipinski definition) is 6. The maximum absolute atomic E-state index is 13.2. The highest BCUT2D eigenvalue weighted by molar-refractivity contribution is 9.10. The van der Waals surface area contributed by atoms with E-state index in [1.807, 2.05) is 35.4 Å². The molecule has 1 fully saturated rings. The monoisotopic (exact) mass is 516 g/mol. The molecular formula is C23H22BrFN4O2S. The van der Waals surface area contributed by atoms with Crippen LogP contribution in [0.1, 0.15) is 28.8 Å². The third-order valence-corrected chi connectivity index (χ3v) is 6.64. The van der Waals surface area contributed by atoms with E-state index in [1.165, 1.54) is 42.2 Å². The van der Waals surface area contributed by atoms with Crippen LogP contribution < -0.4 is 10.2 Å². The van der Waals surface area contributed by atoms with Gasteiger partial charge in [0.15, 0.2) is 5.16 Å². The molecule has 6 nitrogen and oxygen atoms in total. The molecule has 0 unspecified atom stereocenters. The Morgan fingerprint density at radius 1 is 1.16 bits per heavy atom. The molecule has 2 aromatic carbocycles. The Bertz CT molecular complexity index is 1100. The molecule has 9 heteroatoms. The summed E-state index contributed by atoms with van der Waals surface area (Å²) in [6, 6.07) is 13.3. The van der Waals surface area contributed by atoms with Crippen molar-refractivity contribution in [1.82, 2.24) is 9.97 Å². The third kappa shape index (κ3) is 4.95. The number of nitrogens with zero attached hydrogens (tertiary/aromatic N) is 3. The zero-order valence-corrected chi connectivity index (χ0v) is 19.8. The molecule has 3 aromatic rings. The SMILES string of the molecule is CSc1ncc(C(=O)Nc2ccc(F)cc2)c(N2CCC(O)(c3ccc(Br)cc3)CC2)n1. The molecule has 1 saturated heterocycles. The molecule has 0 saturated carbocycles. The van der Waals surface area contributed by atoms with Crippen LogP contribution in [0.3, 0.4) is 0 Å². The third-order valence-electron chi connectivity index (χ3n) is 5.55. The molecule has 0 aliphatic carbocycles. The maximum Gasteiger partial charge on any atom is 0.261 e. The number of rotatable bonds is 5. The predicted molar refractivity (Wildman–Crippen MR) is 128 cm³/mol. The Morgan fingerprint density at radius 2 is 1.81 bits per heavy atom. The van der Waals surface area contributed by atoms with Gasteiger partial charge in [0.2, 0.25) is 0 Å². The highest BCUT2D eigenvalue weighted by Gasteiger charge is 2.35. The standard InChI is InChI=1S/C23H22BrFN4O2S/c1-32-22-26-14-19(21(30)27-18-8-6-17(25)7-9-18)20(28-22)29-12-10-23(31,11-13-29)15-2-4-16(24)5-3-15/h2-9,14,31H,10-13H2,1H3,(H,27,30). The van der Waals surface area contributed by atoms with Crippen LogP contribution in [-0.2, 0) is 5.60 Å². The Morgan fingerprint density at radius 3 is 2.44 bits per heavy atom. The summed E-state index contributed by atoms with van der Waals surface area (Å²) in [4.78, 5) is 23.8. The van der Waals surface area contributed by atoms with E-state index < -0.39 is 5.60 Å². The molecule has 0 radical (unpaired) electrons. The van der Waals surface area contributed by atoms with Gasteiger partial charge in [-0.15, -0.1) is 0 Å². The second-order valence-corrected chi connectivity index (χ2v) is 9.27. The van der Waals surface area contributed by atoms with Gasteiger partial charge in [0.25, 0.3) is 5.91 Å². The fourth-order valence-electron chi connectivity index (χ4n) is 3.73. The van der Waals surface area contributed by atoms with E-state index in [0.29, 0.717) is 48.2 Å². The van der Waals surface area contributed by atoms with E-state index >= 15 is 0 Å². The number of aliphatic hydroxyl groups is 1. The quantitative estimate of drug-likeness (QED) is 0.373. The lowest BCUT2D eigenvalue weighted by molar-refractivity contribution is 0.0116. The molecule has 2 N–H and O–H groups in total. The van der Waals surface area contributed by atoms with E-state index in [1.54, 1.807) is 0 Å². The number of halogens is 2. The average molecular weight is 517 g/mol. The summed E-state index contributed by atoms with van der Waals surface area (Å²) < 4.78 is 14.1. The Balaban J connectivity index is 1.55. The smallest absolute Gasteiger partial charge is 0.261 e. The fraction of sp³-hybridized carbons (Fsp3) is 0.261. The minimum Gasteiger partial charge on any atom is -0.385 e. The minimum atomic E-state index is -0.927. The average Bonchev–Trinajstić information content (AvgIpc) is 2.81. The molecular weight excluding hydrogens is 495 g/mol. The van der Waals surface area contributed by atoms with Crippen LogP contribution in [0.4, 0.5) is 15.9 Å². The van der Waals surface area contributed by atoms with Gasteiger partial charge in [-0.3, -0.25) is 4.79 Å². The van der Waals surface area contributed by atoms with Crippen LogP contribution >= 0.6 is 27.7 Å². The summed E-state index contributed by atoms with van der Waals surface area (Å²) in [6.45, 7) is 1.07. The van der Waals surface area contributed by atoms with Gasteiger partial charge >= 0.3 is 0 Å². The number of carbonyl (C=O) groups is 1. The first-order valence-electron chi connectivity index (χ1n) is 10.1. The van der Waals surface area contributed by atoms with Crippen molar-refractivity contribution < 1.29 is 14.3 Å². The molecule has 1 aliphatic heterocycles. The van der Waals surface area contributed by atoms with Crippen LogP contribution in [0.2, 0.25) is 0 Å². The van der Waals surface area contributed by atoms with Crippen LogP contribution in [0.25, 0.3) is 0 Å². The normalized spacial score (nSPS) is 15.4. The Hall–Kier alpha value is -2.49. The number of carbonyl (C=O) groups excluding carboxylic acids is 1. The van der Waals surface area contributed by atoms with Crippen molar-refractivity contribution in [2.75, 3.05) is 29.6 Å². The van der Waals surface area contributed by atoms with E-state index in [2.05, 4.69) is 31.2 Å². The van der Waals surface area contributed by atoms with E-state index in [9.17, 15) is 14.3 Å². The van der Waals surface area contributed by atoms with E-state index in [0.717, 1.165) is 10.0 Å². The fourth-order valence-corrected chi connectivity index (χ4v) is 4.33. The minimum absolute atomic E-state index is 0.334. The van der Waals surface area contributed by atoms with Crippen molar-refractivity contribution in [2.24, 2.45) is 0 Å². The van der Waals surface area contributed by atoms with Crippen molar-refractivity contribution in [3.05, 3.63) is 76.1 Å². The van der Waals surface area contributed by atoms with Crippen LogP contribution in [0, 0.1) is 5.82 Å². The lowest BCUT2D eigenvalue weighted by Gasteiger charge is -2.39. The zero-order chi connectivity index (χ0) is 22.7.